The zero-order chi connectivity index (χ0) is 24.2. The molecule has 0 radical (unpaired) electrons. The molecule has 0 amide bonds. The van der Waals surface area contributed by atoms with Crippen LogP contribution in [0.15, 0.2) is 129 Å². The van der Waals surface area contributed by atoms with Crippen LogP contribution in [0.2, 0.25) is 0 Å². The van der Waals surface area contributed by atoms with Crippen LogP contribution in [0.3, 0.4) is 0 Å². The molecule has 2 nitrogen and oxygen atoms in total. The molecular weight excluding hydrogens is 477 g/mol. The third-order valence-electron chi connectivity index (χ3n) is 6.86. The van der Waals surface area contributed by atoms with Gasteiger partial charge in [-0.25, -0.2) is 0 Å². The van der Waals surface area contributed by atoms with Gasteiger partial charge in [-0.2, -0.15) is 0 Å². The molecule has 174 valence electrons. The van der Waals surface area contributed by atoms with Crippen molar-refractivity contribution in [2.45, 2.75) is 33.4 Å². The van der Waals surface area contributed by atoms with Crippen LogP contribution in [0.4, 0.5) is 34.1 Å². The van der Waals surface area contributed by atoms with Crippen LogP contribution in [0.25, 0.3) is 0 Å². The average molecular weight is 501 g/mol. The van der Waals surface area contributed by atoms with Crippen molar-refractivity contribution in [3.63, 3.8) is 0 Å². The summed E-state index contributed by atoms with van der Waals surface area (Å²) in [7, 11) is 0. The highest BCUT2D eigenvalue weighted by Gasteiger charge is 2.29. The third kappa shape index (κ3) is 3.36. The summed E-state index contributed by atoms with van der Waals surface area (Å²) in [6.45, 7) is 4.48. The van der Waals surface area contributed by atoms with E-state index >= 15 is 0 Å². The minimum absolute atomic E-state index is 1.23. The van der Waals surface area contributed by atoms with Crippen molar-refractivity contribution in [3.8, 4) is 0 Å². The highest BCUT2D eigenvalue weighted by molar-refractivity contribution is 8.00. The van der Waals surface area contributed by atoms with E-state index < -0.39 is 0 Å². The van der Waals surface area contributed by atoms with Gasteiger partial charge in [0, 0.05) is 31.0 Å². The van der Waals surface area contributed by atoms with E-state index in [4.69, 9.17) is 0 Å². The van der Waals surface area contributed by atoms with Gasteiger partial charge >= 0.3 is 0 Å². The number of aryl methyl sites for hydroxylation is 2. The zero-order valence-corrected chi connectivity index (χ0v) is 21.7. The average Bonchev–Trinajstić information content (AvgIpc) is 2.92. The summed E-state index contributed by atoms with van der Waals surface area (Å²) in [5.41, 5.74) is 9.90. The molecule has 5 aromatic rings. The number of hydrogen-bond donors (Lipinski definition) is 0. The molecule has 2 heterocycles. The Kier molecular flexibility index (Phi) is 5.12. The predicted molar refractivity (Wildman–Crippen MR) is 154 cm³/mol. The van der Waals surface area contributed by atoms with Crippen molar-refractivity contribution < 1.29 is 0 Å². The molecule has 2 aliphatic heterocycles. The van der Waals surface area contributed by atoms with Gasteiger partial charge in [0.05, 0.1) is 22.7 Å². The highest BCUT2D eigenvalue weighted by Crippen LogP contribution is 2.55. The minimum Gasteiger partial charge on any atom is -0.308 e. The maximum atomic E-state index is 2.43. The second-order valence-electron chi connectivity index (χ2n) is 9.17. The molecule has 0 aliphatic carbocycles. The van der Waals surface area contributed by atoms with Crippen molar-refractivity contribution in [1.82, 2.24) is 0 Å². The van der Waals surface area contributed by atoms with Gasteiger partial charge in [0.1, 0.15) is 0 Å². The summed E-state index contributed by atoms with van der Waals surface area (Å²) in [6.07, 6.45) is 0. The second kappa shape index (κ2) is 8.51. The number of rotatable bonds is 2. The molecule has 2 aliphatic rings. The largest absolute Gasteiger partial charge is 0.308 e. The van der Waals surface area contributed by atoms with E-state index in [1.807, 2.05) is 23.5 Å². The van der Waals surface area contributed by atoms with E-state index in [9.17, 15) is 0 Å². The van der Waals surface area contributed by atoms with Crippen molar-refractivity contribution in [2.75, 3.05) is 9.80 Å². The Morgan fingerprint density at radius 1 is 0.389 bits per heavy atom. The topological polar surface area (TPSA) is 6.48 Å². The molecule has 0 fully saturated rings. The van der Waals surface area contributed by atoms with Gasteiger partial charge in [0.25, 0.3) is 0 Å². The Morgan fingerprint density at radius 2 is 0.667 bits per heavy atom. The number of nitrogens with zero attached hydrogens (tertiary/aromatic N) is 2. The smallest absolute Gasteiger partial charge is 0.0601 e. The third-order valence-corrected chi connectivity index (χ3v) is 9.12. The Bertz CT molecular complexity index is 1430. The SMILES string of the molecule is Cc1cc(N2c3ccccc3Sc3ccccc32)c(C)cc1N1c2ccccc2Sc2ccccc21. The molecule has 0 atom stereocenters. The number of para-hydroxylation sites is 4. The van der Waals surface area contributed by atoms with Gasteiger partial charge in [-0.1, -0.05) is 72.1 Å². The lowest BCUT2D eigenvalue weighted by atomic mass is 10.0. The first-order chi connectivity index (χ1) is 17.7. The van der Waals surface area contributed by atoms with Gasteiger partial charge in [-0.3, -0.25) is 0 Å². The quantitative estimate of drug-likeness (QED) is 0.233. The first kappa shape index (κ1) is 21.7. The summed E-state index contributed by atoms with van der Waals surface area (Å²) in [6, 6.07) is 39.6. The maximum Gasteiger partial charge on any atom is 0.0601 e. The fourth-order valence-corrected chi connectivity index (χ4v) is 7.31. The van der Waals surface area contributed by atoms with Crippen molar-refractivity contribution in [3.05, 3.63) is 120 Å². The lowest BCUT2D eigenvalue weighted by Gasteiger charge is -2.36. The van der Waals surface area contributed by atoms with Gasteiger partial charge in [0.2, 0.25) is 0 Å². The summed E-state index contributed by atoms with van der Waals surface area (Å²) in [5.74, 6) is 0. The van der Waals surface area contributed by atoms with Gasteiger partial charge in [-0.05, 0) is 85.6 Å². The van der Waals surface area contributed by atoms with Crippen LogP contribution >= 0.6 is 23.5 Å². The van der Waals surface area contributed by atoms with Crippen LogP contribution in [-0.4, -0.2) is 0 Å². The van der Waals surface area contributed by atoms with Crippen LogP contribution in [0.5, 0.6) is 0 Å². The number of hydrogen-bond acceptors (Lipinski definition) is 4. The van der Waals surface area contributed by atoms with E-state index in [0.717, 1.165) is 0 Å². The molecule has 0 saturated heterocycles. The van der Waals surface area contributed by atoms with Crippen molar-refractivity contribution >= 4 is 57.6 Å². The standard InChI is InChI=1S/C32H24N2S2/c1-21-19-28(34-25-13-5-9-17-31(25)36-32-18-10-6-14-26(32)34)22(2)20-27(21)33-23-11-3-7-15-29(23)35-30-16-8-4-12-24(30)33/h3-20H,1-2H3. The molecule has 36 heavy (non-hydrogen) atoms. The molecule has 0 spiro atoms. The second-order valence-corrected chi connectivity index (χ2v) is 11.3. The summed E-state index contributed by atoms with van der Waals surface area (Å²) in [4.78, 5) is 10.0. The highest BCUT2D eigenvalue weighted by atomic mass is 32.2. The zero-order valence-electron chi connectivity index (χ0n) is 20.1. The lowest BCUT2D eigenvalue weighted by molar-refractivity contribution is 1.12. The Morgan fingerprint density at radius 3 is 0.972 bits per heavy atom. The fraction of sp³-hybridized carbons (Fsp3) is 0.0625. The molecule has 5 aromatic carbocycles. The van der Waals surface area contributed by atoms with Crippen LogP contribution in [0, 0.1) is 13.8 Å². The van der Waals surface area contributed by atoms with Gasteiger partial charge < -0.3 is 9.80 Å². The number of fused-ring (bicyclic) bond motifs is 4. The molecule has 0 N–H and O–H groups in total. The predicted octanol–water partition coefficient (Wildman–Crippen LogP) is 10.2. The summed E-state index contributed by atoms with van der Waals surface area (Å²) < 4.78 is 0. The molecule has 0 saturated carbocycles. The Balaban J connectivity index is 1.42. The molecular formula is C32H24N2S2. The van der Waals surface area contributed by atoms with E-state index in [1.54, 1.807) is 0 Å². The van der Waals surface area contributed by atoms with Crippen molar-refractivity contribution in [2.24, 2.45) is 0 Å². The lowest BCUT2D eigenvalue weighted by Crippen LogP contribution is -2.18. The molecule has 0 aromatic heterocycles. The van der Waals surface area contributed by atoms with E-state index in [2.05, 4.69) is 133 Å². The summed E-state index contributed by atoms with van der Waals surface area (Å²) in [5, 5.41) is 0. The summed E-state index contributed by atoms with van der Waals surface area (Å²) >= 11 is 3.70. The normalized spacial score (nSPS) is 13.5. The van der Waals surface area contributed by atoms with Gasteiger partial charge in [0.15, 0.2) is 0 Å². The van der Waals surface area contributed by atoms with E-state index in [0.29, 0.717) is 0 Å². The minimum atomic E-state index is 1.23. The molecule has 7 rings (SSSR count). The Hall–Kier alpha value is -3.60. The van der Waals surface area contributed by atoms with Crippen LogP contribution < -0.4 is 9.80 Å². The van der Waals surface area contributed by atoms with Crippen LogP contribution in [0.1, 0.15) is 11.1 Å². The number of benzene rings is 5. The first-order valence-corrected chi connectivity index (χ1v) is 13.8. The molecule has 0 unspecified atom stereocenters. The van der Waals surface area contributed by atoms with Crippen LogP contribution in [-0.2, 0) is 0 Å². The monoisotopic (exact) mass is 500 g/mol. The van der Waals surface area contributed by atoms with E-state index in [-0.39, 0.29) is 0 Å². The van der Waals surface area contributed by atoms with E-state index in [1.165, 1.54) is 64.8 Å². The first-order valence-electron chi connectivity index (χ1n) is 12.1. The Labute approximate surface area is 220 Å². The molecule has 4 heteroatoms. The number of anilines is 6. The fourth-order valence-electron chi connectivity index (χ4n) is 5.20. The van der Waals surface area contributed by atoms with Crippen molar-refractivity contribution in [1.29, 1.82) is 0 Å². The molecule has 0 bridgehead atoms. The van der Waals surface area contributed by atoms with Gasteiger partial charge in [-0.15, -0.1) is 0 Å². The maximum absolute atomic E-state index is 2.43.